The Morgan fingerprint density at radius 1 is 1.53 bits per heavy atom. The zero-order valence-electron chi connectivity index (χ0n) is 9.58. The minimum atomic E-state index is 0.533. The Hall–Kier alpha value is -1.24. The van der Waals surface area contributed by atoms with Crippen molar-refractivity contribution in [2.75, 3.05) is 25.1 Å². The minimum Gasteiger partial charge on any atom is -0.383 e. The van der Waals surface area contributed by atoms with Gasteiger partial charge in [-0.1, -0.05) is 11.6 Å². The number of hydrogen-bond donors (Lipinski definition) is 1. The van der Waals surface area contributed by atoms with E-state index in [4.69, 9.17) is 21.6 Å². The highest BCUT2D eigenvalue weighted by Gasteiger charge is 2.14. The van der Waals surface area contributed by atoms with Crippen molar-refractivity contribution < 1.29 is 4.74 Å². The van der Waals surface area contributed by atoms with E-state index in [0.29, 0.717) is 16.5 Å². The molecule has 1 aromatic carbocycles. The molecule has 0 bridgehead atoms. The predicted molar refractivity (Wildman–Crippen MR) is 68.2 cm³/mol. The summed E-state index contributed by atoms with van der Waals surface area (Å²) >= 11 is 6.07. The predicted octanol–water partition coefficient (Wildman–Crippen LogP) is 3.05. The van der Waals surface area contributed by atoms with Crippen molar-refractivity contribution in [2.24, 2.45) is 5.92 Å². The molecule has 1 saturated heterocycles. The number of hydrogen-bond acceptors (Lipinski definition) is 3. The summed E-state index contributed by atoms with van der Waals surface area (Å²) in [5.41, 5.74) is 1.45. The standard InChI is InChI=1S/C13H15ClN2O/c14-12-4-3-10(7-15)6-13(12)16-8-11-2-1-5-17-9-11/h3-4,6,11,16H,1-2,5,8-9H2. The van der Waals surface area contributed by atoms with Crippen LogP contribution in [0.1, 0.15) is 18.4 Å². The van der Waals surface area contributed by atoms with Gasteiger partial charge < -0.3 is 10.1 Å². The lowest BCUT2D eigenvalue weighted by molar-refractivity contribution is 0.0595. The SMILES string of the molecule is N#Cc1ccc(Cl)c(NCC2CCCOC2)c1. The molecule has 17 heavy (non-hydrogen) atoms. The third-order valence-corrected chi connectivity index (χ3v) is 3.26. The van der Waals surface area contributed by atoms with Crippen molar-refractivity contribution in [2.45, 2.75) is 12.8 Å². The van der Waals surface area contributed by atoms with E-state index in [1.165, 1.54) is 6.42 Å². The van der Waals surface area contributed by atoms with E-state index in [-0.39, 0.29) is 0 Å². The van der Waals surface area contributed by atoms with Crippen molar-refractivity contribution in [1.29, 1.82) is 5.26 Å². The first kappa shape index (κ1) is 12.2. The molecule has 1 aliphatic rings. The third kappa shape index (κ3) is 3.36. The van der Waals surface area contributed by atoms with Gasteiger partial charge in [-0.15, -0.1) is 0 Å². The second-order valence-electron chi connectivity index (χ2n) is 4.27. The van der Waals surface area contributed by atoms with Crippen molar-refractivity contribution in [1.82, 2.24) is 0 Å². The zero-order valence-corrected chi connectivity index (χ0v) is 10.3. The number of nitrogens with zero attached hydrogens (tertiary/aromatic N) is 1. The quantitative estimate of drug-likeness (QED) is 0.897. The van der Waals surface area contributed by atoms with Crippen LogP contribution in [0.5, 0.6) is 0 Å². The maximum Gasteiger partial charge on any atom is 0.0992 e. The normalized spacial score (nSPS) is 19.6. The Balaban J connectivity index is 1.95. The first-order chi connectivity index (χ1) is 8.29. The molecule has 0 aliphatic carbocycles. The smallest absolute Gasteiger partial charge is 0.0992 e. The first-order valence-corrected chi connectivity index (χ1v) is 6.18. The molecule has 1 heterocycles. The number of halogens is 1. The molecule has 4 heteroatoms. The third-order valence-electron chi connectivity index (χ3n) is 2.93. The van der Waals surface area contributed by atoms with Crippen molar-refractivity contribution in [3.8, 4) is 6.07 Å². The second kappa shape index (κ2) is 5.90. The molecule has 90 valence electrons. The molecule has 2 rings (SSSR count). The van der Waals surface area contributed by atoms with Gasteiger partial charge in [-0.3, -0.25) is 0 Å². The van der Waals surface area contributed by atoms with Gasteiger partial charge >= 0.3 is 0 Å². The van der Waals surface area contributed by atoms with Crippen LogP contribution in [0.15, 0.2) is 18.2 Å². The second-order valence-corrected chi connectivity index (χ2v) is 4.68. The highest BCUT2D eigenvalue weighted by molar-refractivity contribution is 6.33. The average Bonchev–Trinajstić information content (AvgIpc) is 2.39. The Kier molecular flexibility index (Phi) is 4.24. The molecule has 0 saturated carbocycles. The molecule has 1 atom stereocenters. The molecule has 1 aliphatic heterocycles. The highest BCUT2D eigenvalue weighted by Crippen LogP contribution is 2.24. The summed E-state index contributed by atoms with van der Waals surface area (Å²) in [6, 6.07) is 7.36. The van der Waals surface area contributed by atoms with Gasteiger partial charge in [0.2, 0.25) is 0 Å². The molecule has 0 radical (unpaired) electrons. The fourth-order valence-electron chi connectivity index (χ4n) is 1.95. The van der Waals surface area contributed by atoms with Crippen LogP contribution in [-0.2, 0) is 4.74 Å². The summed E-state index contributed by atoms with van der Waals surface area (Å²) in [5, 5.41) is 12.8. The number of rotatable bonds is 3. The molecule has 0 spiro atoms. The summed E-state index contributed by atoms with van der Waals surface area (Å²) in [6.45, 7) is 2.53. The number of benzene rings is 1. The summed E-state index contributed by atoms with van der Waals surface area (Å²) < 4.78 is 5.42. The molecule has 0 amide bonds. The molecule has 0 aromatic heterocycles. The van der Waals surface area contributed by atoms with Crippen LogP contribution in [-0.4, -0.2) is 19.8 Å². The number of nitrogens with one attached hydrogen (secondary N) is 1. The van der Waals surface area contributed by atoms with Gasteiger partial charge in [-0.2, -0.15) is 5.26 Å². The number of ether oxygens (including phenoxy) is 1. The van der Waals surface area contributed by atoms with Gasteiger partial charge in [0.1, 0.15) is 0 Å². The number of anilines is 1. The number of nitriles is 1. The minimum absolute atomic E-state index is 0.533. The van der Waals surface area contributed by atoms with Gasteiger partial charge in [-0.25, -0.2) is 0 Å². The fraction of sp³-hybridized carbons (Fsp3) is 0.462. The molecule has 1 N–H and O–H groups in total. The monoisotopic (exact) mass is 250 g/mol. The van der Waals surface area contributed by atoms with E-state index in [0.717, 1.165) is 31.9 Å². The topological polar surface area (TPSA) is 45.0 Å². The maximum absolute atomic E-state index is 8.83. The summed E-state index contributed by atoms with van der Waals surface area (Å²) in [6.07, 6.45) is 2.31. The van der Waals surface area contributed by atoms with E-state index in [1.54, 1.807) is 18.2 Å². The fourth-order valence-corrected chi connectivity index (χ4v) is 2.14. The van der Waals surface area contributed by atoms with Crippen LogP contribution >= 0.6 is 11.6 Å². The molecule has 1 aromatic rings. The van der Waals surface area contributed by atoms with Crippen LogP contribution in [0.4, 0.5) is 5.69 Å². The molecular weight excluding hydrogens is 236 g/mol. The van der Waals surface area contributed by atoms with E-state index in [2.05, 4.69) is 11.4 Å². The van der Waals surface area contributed by atoms with E-state index in [1.807, 2.05) is 0 Å². The summed E-state index contributed by atoms with van der Waals surface area (Å²) in [4.78, 5) is 0. The summed E-state index contributed by atoms with van der Waals surface area (Å²) in [7, 11) is 0. The summed E-state index contributed by atoms with van der Waals surface area (Å²) in [5.74, 6) is 0.533. The van der Waals surface area contributed by atoms with E-state index >= 15 is 0 Å². The molecule has 3 nitrogen and oxygen atoms in total. The van der Waals surface area contributed by atoms with Gasteiger partial charge in [0.25, 0.3) is 0 Å². The first-order valence-electron chi connectivity index (χ1n) is 5.81. The van der Waals surface area contributed by atoms with Gasteiger partial charge in [0.15, 0.2) is 0 Å². The van der Waals surface area contributed by atoms with Crippen LogP contribution in [0.3, 0.4) is 0 Å². The lowest BCUT2D eigenvalue weighted by Crippen LogP contribution is -2.24. The molecular formula is C13H15ClN2O. The van der Waals surface area contributed by atoms with Gasteiger partial charge in [-0.05, 0) is 37.0 Å². The van der Waals surface area contributed by atoms with Crippen molar-refractivity contribution in [3.63, 3.8) is 0 Å². The Morgan fingerprint density at radius 2 is 2.41 bits per heavy atom. The van der Waals surface area contributed by atoms with Gasteiger partial charge in [0.05, 0.1) is 28.9 Å². The van der Waals surface area contributed by atoms with E-state index < -0.39 is 0 Å². The van der Waals surface area contributed by atoms with Gasteiger partial charge in [0, 0.05) is 13.2 Å². The maximum atomic E-state index is 8.83. The van der Waals surface area contributed by atoms with Crippen LogP contribution in [0, 0.1) is 17.2 Å². The van der Waals surface area contributed by atoms with Crippen LogP contribution in [0.25, 0.3) is 0 Å². The lowest BCUT2D eigenvalue weighted by atomic mass is 10.0. The van der Waals surface area contributed by atoms with Crippen molar-refractivity contribution in [3.05, 3.63) is 28.8 Å². The zero-order chi connectivity index (χ0) is 12.1. The molecule has 1 fully saturated rings. The largest absolute Gasteiger partial charge is 0.383 e. The Morgan fingerprint density at radius 3 is 3.12 bits per heavy atom. The average molecular weight is 251 g/mol. The highest BCUT2D eigenvalue weighted by atomic mass is 35.5. The van der Waals surface area contributed by atoms with Crippen LogP contribution in [0.2, 0.25) is 5.02 Å². The lowest BCUT2D eigenvalue weighted by Gasteiger charge is -2.23. The Labute approximate surface area is 106 Å². The van der Waals surface area contributed by atoms with Crippen LogP contribution < -0.4 is 5.32 Å². The Bertz CT molecular complexity index is 422. The van der Waals surface area contributed by atoms with E-state index in [9.17, 15) is 0 Å². The molecule has 1 unspecified atom stereocenters. The van der Waals surface area contributed by atoms with Crippen molar-refractivity contribution >= 4 is 17.3 Å².